The minimum Gasteiger partial charge on any atom is -0.480 e. The zero-order valence-corrected chi connectivity index (χ0v) is 21.1. The fraction of sp³-hybridized carbons (Fsp3) is 0.667. The lowest BCUT2D eigenvalue weighted by atomic mass is 9.98. The molecule has 5 amide bonds. The fourth-order valence-corrected chi connectivity index (χ4v) is 3.13. The van der Waals surface area contributed by atoms with E-state index in [9.17, 15) is 33.9 Å². The average molecular weight is 530 g/mol. The summed E-state index contributed by atoms with van der Waals surface area (Å²) >= 11 is 0. The Morgan fingerprint density at radius 2 is 1.38 bits per heavy atom. The molecular weight excluding hydrogens is 490 g/mol. The monoisotopic (exact) mass is 529 g/mol. The Morgan fingerprint density at radius 1 is 0.838 bits per heavy atom. The van der Waals surface area contributed by atoms with Crippen molar-refractivity contribution in [1.82, 2.24) is 16.0 Å². The third-order valence-electron chi connectivity index (χ3n) is 5.43. The molecule has 16 nitrogen and oxygen atoms in total. The Labute approximate surface area is 214 Å². The van der Waals surface area contributed by atoms with Crippen LogP contribution in [0.2, 0.25) is 0 Å². The van der Waals surface area contributed by atoms with E-state index in [1.54, 1.807) is 13.8 Å². The van der Waals surface area contributed by atoms with E-state index in [0.29, 0.717) is 6.42 Å². The number of hydrogen-bond donors (Lipinski definition) is 9. The van der Waals surface area contributed by atoms with Gasteiger partial charge in [0.1, 0.15) is 18.1 Å². The van der Waals surface area contributed by atoms with E-state index in [-0.39, 0.29) is 38.2 Å². The van der Waals surface area contributed by atoms with Crippen molar-refractivity contribution in [1.29, 1.82) is 0 Å². The first kappa shape index (κ1) is 33.0. The highest BCUT2D eigenvalue weighted by molar-refractivity contribution is 5.95. The fourth-order valence-electron chi connectivity index (χ4n) is 3.13. The van der Waals surface area contributed by atoms with Gasteiger partial charge in [0.2, 0.25) is 29.5 Å². The zero-order valence-electron chi connectivity index (χ0n) is 21.1. The molecule has 0 rings (SSSR count). The number of amides is 5. The number of nitrogens with one attached hydrogen (secondary N) is 3. The summed E-state index contributed by atoms with van der Waals surface area (Å²) in [5.74, 6) is -5.97. The van der Waals surface area contributed by atoms with E-state index in [1.165, 1.54) is 0 Å². The van der Waals surface area contributed by atoms with Gasteiger partial charge in [-0.25, -0.2) is 4.79 Å². The molecule has 37 heavy (non-hydrogen) atoms. The number of carbonyl (C=O) groups is 6. The van der Waals surface area contributed by atoms with Crippen LogP contribution in [0.3, 0.4) is 0 Å². The molecule has 0 spiro atoms. The number of guanidine groups is 1. The molecule has 5 atom stereocenters. The van der Waals surface area contributed by atoms with Crippen molar-refractivity contribution < 1.29 is 33.9 Å². The molecule has 0 fully saturated rings. The lowest BCUT2D eigenvalue weighted by molar-refractivity contribution is -0.144. The number of primary amides is 2. The number of hydrogen-bond acceptors (Lipinski definition) is 8. The zero-order chi connectivity index (χ0) is 28.7. The Balaban J connectivity index is 5.74. The van der Waals surface area contributed by atoms with Crippen molar-refractivity contribution in [3.8, 4) is 0 Å². The maximum atomic E-state index is 13.1. The molecule has 210 valence electrons. The lowest BCUT2D eigenvalue weighted by Crippen LogP contribution is -2.58. The summed E-state index contributed by atoms with van der Waals surface area (Å²) in [6, 6.07) is -5.16. The van der Waals surface area contributed by atoms with Gasteiger partial charge in [-0.2, -0.15) is 0 Å². The van der Waals surface area contributed by atoms with Crippen molar-refractivity contribution in [3.63, 3.8) is 0 Å². The molecule has 0 aliphatic carbocycles. The van der Waals surface area contributed by atoms with Crippen molar-refractivity contribution in [2.24, 2.45) is 39.6 Å². The molecule has 0 heterocycles. The second-order valence-corrected chi connectivity index (χ2v) is 8.56. The third kappa shape index (κ3) is 13.6. The first-order valence-electron chi connectivity index (χ1n) is 11.7. The van der Waals surface area contributed by atoms with Gasteiger partial charge >= 0.3 is 5.97 Å². The van der Waals surface area contributed by atoms with Crippen LogP contribution in [0.4, 0.5) is 0 Å². The van der Waals surface area contributed by atoms with Gasteiger partial charge in [0, 0.05) is 13.0 Å². The quantitative estimate of drug-likeness (QED) is 0.0472. The van der Waals surface area contributed by atoms with Crippen molar-refractivity contribution >= 4 is 41.5 Å². The molecule has 0 aromatic rings. The molecule has 0 saturated heterocycles. The molecule has 5 unspecified atom stereocenters. The second-order valence-electron chi connectivity index (χ2n) is 8.56. The first-order chi connectivity index (χ1) is 17.2. The minimum absolute atomic E-state index is 0.00637. The molecule has 0 aliphatic heterocycles. The summed E-state index contributed by atoms with van der Waals surface area (Å²) in [6.45, 7) is 3.50. The Morgan fingerprint density at radius 3 is 1.86 bits per heavy atom. The van der Waals surface area contributed by atoms with Crippen LogP contribution in [0.5, 0.6) is 0 Å². The maximum absolute atomic E-state index is 13.1. The summed E-state index contributed by atoms with van der Waals surface area (Å²) in [5.41, 5.74) is 26.4. The number of carboxylic acids is 1. The number of aliphatic imine (C=N–C) groups is 1. The van der Waals surface area contributed by atoms with Gasteiger partial charge in [-0.1, -0.05) is 20.3 Å². The van der Waals surface area contributed by atoms with Crippen LogP contribution in [-0.4, -0.2) is 77.3 Å². The van der Waals surface area contributed by atoms with Crippen molar-refractivity contribution in [2.75, 3.05) is 6.54 Å². The van der Waals surface area contributed by atoms with Crippen LogP contribution in [-0.2, 0) is 28.8 Å². The Kier molecular flexibility index (Phi) is 14.9. The second kappa shape index (κ2) is 16.7. The minimum atomic E-state index is -1.35. The molecule has 0 aromatic heterocycles. The van der Waals surface area contributed by atoms with E-state index < -0.39 is 72.0 Å². The van der Waals surface area contributed by atoms with E-state index in [1.807, 2.05) is 0 Å². The molecule has 0 aliphatic rings. The molecule has 0 saturated carbocycles. The normalized spacial score (nSPS) is 14.7. The van der Waals surface area contributed by atoms with Crippen LogP contribution in [0.25, 0.3) is 0 Å². The van der Waals surface area contributed by atoms with Crippen LogP contribution >= 0.6 is 0 Å². The highest BCUT2D eigenvalue weighted by Crippen LogP contribution is 2.10. The van der Waals surface area contributed by atoms with Gasteiger partial charge in [-0.05, 0) is 25.2 Å². The summed E-state index contributed by atoms with van der Waals surface area (Å²) in [7, 11) is 0. The maximum Gasteiger partial charge on any atom is 0.326 e. The number of rotatable bonds is 18. The van der Waals surface area contributed by atoms with Crippen molar-refractivity contribution in [2.45, 2.75) is 76.5 Å². The molecule has 0 bridgehead atoms. The molecule has 0 radical (unpaired) electrons. The topological polar surface area (TPSA) is 301 Å². The molecular formula is C21H39N9O7. The van der Waals surface area contributed by atoms with Crippen molar-refractivity contribution in [3.05, 3.63) is 0 Å². The first-order valence-corrected chi connectivity index (χ1v) is 11.7. The SMILES string of the molecule is CCC(C)C(NC(=O)C(CCC(N)=O)NC(=O)C(CCCN=C(N)N)NC(=O)C(N)CC(N)=O)C(=O)O. The van der Waals surface area contributed by atoms with Crippen LogP contribution < -0.4 is 44.6 Å². The average Bonchev–Trinajstić information content (AvgIpc) is 2.79. The Hall–Kier alpha value is -3.95. The van der Waals surface area contributed by atoms with Crippen LogP contribution in [0.15, 0.2) is 4.99 Å². The van der Waals surface area contributed by atoms with Gasteiger partial charge in [0.15, 0.2) is 5.96 Å². The summed E-state index contributed by atoms with van der Waals surface area (Å²) in [6.07, 6.45) is -0.296. The lowest BCUT2D eigenvalue weighted by Gasteiger charge is -2.26. The standard InChI is InChI=1S/C21H39N9O7/c1-3-10(2)16(20(36)37)30-19(35)13(6-7-14(23)31)29-18(34)12(5-4-8-27-21(25)26)28-17(33)11(22)9-15(24)32/h10-13,16H,3-9,22H2,1-2H3,(H2,23,31)(H2,24,32)(H,28,33)(H,29,34)(H,30,35)(H,36,37)(H4,25,26,27). The van der Waals surface area contributed by atoms with Gasteiger partial charge < -0.3 is 49.7 Å². The van der Waals surface area contributed by atoms with Gasteiger partial charge in [-0.15, -0.1) is 0 Å². The van der Waals surface area contributed by atoms with Gasteiger partial charge in [0.05, 0.1) is 12.5 Å². The predicted octanol–water partition coefficient (Wildman–Crippen LogP) is -3.91. The predicted molar refractivity (Wildman–Crippen MR) is 133 cm³/mol. The number of nitrogens with two attached hydrogens (primary N) is 5. The third-order valence-corrected chi connectivity index (χ3v) is 5.43. The van der Waals surface area contributed by atoms with E-state index in [4.69, 9.17) is 28.7 Å². The number of carbonyl (C=O) groups excluding carboxylic acids is 5. The number of nitrogens with zero attached hydrogens (tertiary/aromatic N) is 1. The van der Waals surface area contributed by atoms with Gasteiger partial charge in [-0.3, -0.25) is 29.0 Å². The molecule has 0 aromatic carbocycles. The number of aliphatic carboxylic acids is 1. The molecule has 16 heteroatoms. The van der Waals surface area contributed by atoms with Crippen LogP contribution in [0.1, 0.15) is 52.4 Å². The molecule has 14 N–H and O–H groups in total. The van der Waals surface area contributed by atoms with E-state index in [0.717, 1.165) is 0 Å². The summed E-state index contributed by atoms with van der Waals surface area (Å²) < 4.78 is 0. The largest absolute Gasteiger partial charge is 0.480 e. The van der Waals surface area contributed by atoms with E-state index >= 15 is 0 Å². The highest BCUT2D eigenvalue weighted by atomic mass is 16.4. The summed E-state index contributed by atoms with van der Waals surface area (Å²) in [4.78, 5) is 76.2. The van der Waals surface area contributed by atoms with Crippen LogP contribution in [0, 0.1) is 5.92 Å². The Bertz CT molecular complexity index is 861. The van der Waals surface area contributed by atoms with Gasteiger partial charge in [0.25, 0.3) is 0 Å². The van der Waals surface area contributed by atoms with E-state index in [2.05, 4.69) is 20.9 Å². The highest BCUT2D eigenvalue weighted by Gasteiger charge is 2.32. The summed E-state index contributed by atoms with van der Waals surface area (Å²) in [5, 5.41) is 16.7. The smallest absolute Gasteiger partial charge is 0.326 e. The number of carboxylic acid groups (broad SMARTS) is 1.